The van der Waals surface area contributed by atoms with Gasteiger partial charge in [0.1, 0.15) is 17.2 Å². The number of carbonyl (C=O) groups is 1. The van der Waals surface area contributed by atoms with Crippen LogP contribution in [0, 0.1) is 13.8 Å². The fourth-order valence-electron chi connectivity index (χ4n) is 1.42. The summed E-state index contributed by atoms with van der Waals surface area (Å²) in [5.41, 5.74) is 0.0711. The first-order chi connectivity index (χ1) is 8.56. The molecule has 2 heterocycles. The van der Waals surface area contributed by atoms with Gasteiger partial charge in [0.15, 0.2) is 0 Å². The van der Waals surface area contributed by atoms with E-state index in [-0.39, 0.29) is 5.56 Å². The van der Waals surface area contributed by atoms with Crippen LogP contribution in [-0.2, 0) is 6.54 Å². The number of nitrogens with one attached hydrogen (secondary N) is 1. The average molecular weight is 264 g/mol. The van der Waals surface area contributed by atoms with Gasteiger partial charge < -0.3 is 10.4 Å². The number of aryl methyl sites for hydroxylation is 2. The van der Waals surface area contributed by atoms with Gasteiger partial charge in [-0.15, -0.1) is 11.3 Å². The van der Waals surface area contributed by atoms with E-state index >= 15 is 0 Å². The zero-order valence-electron chi connectivity index (χ0n) is 9.97. The van der Waals surface area contributed by atoms with E-state index in [2.05, 4.69) is 20.3 Å². The predicted molar refractivity (Wildman–Crippen MR) is 67.9 cm³/mol. The van der Waals surface area contributed by atoms with Crippen molar-refractivity contribution in [2.75, 3.05) is 5.32 Å². The number of hydrogen-bond acceptors (Lipinski definition) is 6. The van der Waals surface area contributed by atoms with Gasteiger partial charge in [-0.1, -0.05) is 0 Å². The lowest BCUT2D eigenvalue weighted by atomic mass is 10.3. The summed E-state index contributed by atoms with van der Waals surface area (Å²) in [5, 5.41) is 13.0. The van der Waals surface area contributed by atoms with Crippen LogP contribution in [0.5, 0.6) is 0 Å². The zero-order chi connectivity index (χ0) is 13.1. The molecule has 0 aliphatic rings. The Kier molecular flexibility index (Phi) is 3.52. The van der Waals surface area contributed by atoms with Gasteiger partial charge in [0.2, 0.25) is 0 Å². The number of nitrogens with zero attached hydrogens (tertiary/aromatic N) is 3. The lowest BCUT2D eigenvalue weighted by Gasteiger charge is -2.07. The van der Waals surface area contributed by atoms with E-state index in [1.165, 1.54) is 6.20 Å². The molecule has 2 N–H and O–H groups in total. The molecule has 0 amide bonds. The van der Waals surface area contributed by atoms with E-state index < -0.39 is 5.97 Å². The quantitative estimate of drug-likeness (QED) is 0.876. The van der Waals surface area contributed by atoms with Crippen LogP contribution in [0.2, 0.25) is 0 Å². The molecule has 94 valence electrons. The second kappa shape index (κ2) is 5.09. The van der Waals surface area contributed by atoms with E-state index in [1.807, 2.05) is 6.92 Å². The number of anilines is 1. The molecular formula is C11H12N4O2S. The Hall–Kier alpha value is -2.02. The summed E-state index contributed by atoms with van der Waals surface area (Å²) in [7, 11) is 0. The van der Waals surface area contributed by atoms with Crippen LogP contribution in [0.3, 0.4) is 0 Å². The van der Waals surface area contributed by atoms with Crippen molar-refractivity contribution < 1.29 is 9.90 Å². The Morgan fingerprint density at radius 3 is 2.78 bits per heavy atom. The van der Waals surface area contributed by atoms with Crippen LogP contribution in [0.4, 0.5) is 5.82 Å². The van der Waals surface area contributed by atoms with Gasteiger partial charge in [-0.05, 0) is 13.8 Å². The predicted octanol–water partition coefficient (Wildman–Crippen LogP) is 1.86. The molecule has 0 aliphatic heterocycles. The van der Waals surface area contributed by atoms with E-state index in [9.17, 15) is 4.79 Å². The third kappa shape index (κ3) is 2.80. The van der Waals surface area contributed by atoms with Crippen LogP contribution in [0.25, 0.3) is 0 Å². The summed E-state index contributed by atoms with van der Waals surface area (Å²) in [6.07, 6.45) is 3.08. The van der Waals surface area contributed by atoms with Crippen molar-refractivity contribution in [2.45, 2.75) is 20.4 Å². The van der Waals surface area contributed by atoms with Gasteiger partial charge >= 0.3 is 5.97 Å². The summed E-state index contributed by atoms with van der Waals surface area (Å²) in [6, 6.07) is 0. The number of carboxylic acid groups (broad SMARTS) is 1. The standard InChI is InChI=1S/C11H12N4O2S/c1-6-12-5-9(11(16)17)10(15-6)14-4-8-3-13-7(2)18-8/h3,5H,4H2,1-2H3,(H,16,17)(H,12,14,15). The third-order valence-corrected chi connectivity index (χ3v) is 3.15. The van der Waals surface area contributed by atoms with Crippen molar-refractivity contribution in [3.8, 4) is 0 Å². The maximum absolute atomic E-state index is 11.0. The minimum Gasteiger partial charge on any atom is -0.477 e. The van der Waals surface area contributed by atoms with Gasteiger partial charge in [-0.2, -0.15) is 0 Å². The number of aromatic nitrogens is 3. The molecule has 6 nitrogen and oxygen atoms in total. The maximum Gasteiger partial charge on any atom is 0.341 e. The first kappa shape index (κ1) is 12.4. The molecule has 0 unspecified atom stereocenters. The molecule has 0 saturated heterocycles. The highest BCUT2D eigenvalue weighted by molar-refractivity contribution is 7.11. The van der Waals surface area contributed by atoms with E-state index in [1.54, 1.807) is 24.5 Å². The maximum atomic E-state index is 11.0. The lowest BCUT2D eigenvalue weighted by Crippen LogP contribution is -2.09. The molecule has 2 aromatic heterocycles. The smallest absolute Gasteiger partial charge is 0.341 e. The molecule has 0 radical (unpaired) electrons. The molecule has 7 heteroatoms. The summed E-state index contributed by atoms with van der Waals surface area (Å²) in [5.74, 6) is -0.179. The minimum atomic E-state index is -1.04. The molecule has 0 aromatic carbocycles. The van der Waals surface area contributed by atoms with Crippen molar-refractivity contribution in [1.82, 2.24) is 15.0 Å². The fourth-order valence-corrected chi connectivity index (χ4v) is 2.15. The second-order valence-corrected chi connectivity index (χ2v) is 5.00. The third-order valence-electron chi connectivity index (χ3n) is 2.24. The van der Waals surface area contributed by atoms with Crippen LogP contribution >= 0.6 is 11.3 Å². The van der Waals surface area contributed by atoms with Crippen molar-refractivity contribution in [2.24, 2.45) is 0 Å². The van der Waals surface area contributed by atoms with Gasteiger partial charge in [-0.25, -0.2) is 19.7 Å². The molecule has 18 heavy (non-hydrogen) atoms. The Bertz CT molecular complexity index is 582. The molecule has 0 fully saturated rings. The molecule has 0 atom stereocenters. The molecule has 0 saturated carbocycles. The Balaban J connectivity index is 2.17. The highest BCUT2D eigenvalue weighted by Gasteiger charge is 2.12. The average Bonchev–Trinajstić information content (AvgIpc) is 2.72. The first-order valence-electron chi connectivity index (χ1n) is 5.28. The van der Waals surface area contributed by atoms with Gasteiger partial charge in [0, 0.05) is 17.3 Å². The Morgan fingerprint density at radius 2 is 2.17 bits per heavy atom. The monoisotopic (exact) mass is 264 g/mol. The van der Waals surface area contributed by atoms with Gasteiger partial charge in [0.25, 0.3) is 0 Å². The highest BCUT2D eigenvalue weighted by atomic mass is 32.1. The highest BCUT2D eigenvalue weighted by Crippen LogP contribution is 2.16. The minimum absolute atomic E-state index is 0.0711. The zero-order valence-corrected chi connectivity index (χ0v) is 10.8. The van der Waals surface area contributed by atoms with E-state index in [0.29, 0.717) is 18.2 Å². The van der Waals surface area contributed by atoms with Crippen LogP contribution in [0.15, 0.2) is 12.4 Å². The second-order valence-electron chi connectivity index (χ2n) is 3.68. The number of rotatable bonds is 4. The largest absolute Gasteiger partial charge is 0.477 e. The molecule has 0 bridgehead atoms. The fraction of sp³-hybridized carbons (Fsp3) is 0.273. The van der Waals surface area contributed by atoms with E-state index in [4.69, 9.17) is 5.11 Å². The molecule has 0 spiro atoms. The summed E-state index contributed by atoms with van der Waals surface area (Å²) < 4.78 is 0. The number of carboxylic acids is 1. The molecule has 2 aromatic rings. The van der Waals surface area contributed by atoms with Crippen LogP contribution < -0.4 is 5.32 Å². The molecule has 0 aliphatic carbocycles. The number of thiazole rings is 1. The van der Waals surface area contributed by atoms with Crippen molar-refractivity contribution in [3.63, 3.8) is 0 Å². The normalized spacial score (nSPS) is 10.3. The number of aromatic carboxylic acids is 1. The van der Waals surface area contributed by atoms with Gasteiger partial charge in [0.05, 0.1) is 11.6 Å². The topological polar surface area (TPSA) is 88.0 Å². The van der Waals surface area contributed by atoms with Crippen molar-refractivity contribution in [3.05, 3.63) is 33.7 Å². The van der Waals surface area contributed by atoms with Crippen LogP contribution in [-0.4, -0.2) is 26.0 Å². The van der Waals surface area contributed by atoms with Crippen LogP contribution in [0.1, 0.15) is 26.1 Å². The SMILES string of the molecule is Cc1ncc(C(=O)O)c(NCc2cnc(C)s2)n1. The molecule has 2 rings (SSSR count). The molecular weight excluding hydrogens is 252 g/mol. The van der Waals surface area contributed by atoms with Crippen molar-refractivity contribution in [1.29, 1.82) is 0 Å². The first-order valence-corrected chi connectivity index (χ1v) is 6.10. The summed E-state index contributed by atoms with van der Waals surface area (Å²) >= 11 is 1.56. The number of hydrogen-bond donors (Lipinski definition) is 2. The summed E-state index contributed by atoms with van der Waals surface area (Å²) in [6.45, 7) is 4.14. The van der Waals surface area contributed by atoms with E-state index in [0.717, 1.165) is 9.88 Å². The Labute approximate surface area is 108 Å². The van der Waals surface area contributed by atoms with Gasteiger partial charge in [-0.3, -0.25) is 0 Å². The van der Waals surface area contributed by atoms with Crippen molar-refractivity contribution >= 4 is 23.1 Å². The Morgan fingerprint density at radius 1 is 1.39 bits per heavy atom. The summed E-state index contributed by atoms with van der Waals surface area (Å²) in [4.78, 5) is 24.2. The lowest BCUT2D eigenvalue weighted by molar-refractivity contribution is 0.0697.